The Morgan fingerprint density at radius 1 is 0.881 bits per heavy atom. The Bertz CT molecular complexity index is 1050. The Morgan fingerprint density at radius 3 is 2.21 bits per heavy atom. The predicted molar refractivity (Wildman–Crippen MR) is 176 cm³/mol. The third-order valence-corrected chi connectivity index (χ3v) is 9.66. The summed E-state index contributed by atoms with van der Waals surface area (Å²) in [4.78, 5) is 18.3. The van der Waals surface area contributed by atoms with E-state index in [1.807, 2.05) is 14.0 Å². The highest BCUT2D eigenvalue weighted by Crippen LogP contribution is 2.33. The van der Waals surface area contributed by atoms with E-state index < -0.39 is 0 Å². The van der Waals surface area contributed by atoms with Crippen LogP contribution in [0.2, 0.25) is 0 Å². The molecule has 1 aliphatic heterocycles. The van der Waals surface area contributed by atoms with Gasteiger partial charge in [0.05, 0.1) is 12.1 Å². The van der Waals surface area contributed by atoms with E-state index in [1.54, 1.807) is 0 Å². The summed E-state index contributed by atoms with van der Waals surface area (Å²) in [7, 11) is 1.86. The number of unbranched alkanes of at least 4 members (excludes halogenated alkanes) is 2. The lowest BCUT2D eigenvalue weighted by Gasteiger charge is -2.40. The highest BCUT2D eigenvalue weighted by Gasteiger charge is 2.35. The van der Waals surface area contributed by atoms with Gasteiger partial charge in [-0.05, 0) is 88.9 Å². The van der Waals surface area contributed by atoms with E-state index in [1.165, 1.54) is 81.8 Å². The van der Waals surface area contributed by atoms with Crippen molar-refractivity contribution in [1.29, 1.82) is 0 Å². The summed E-state index contributed by atoms with van der Waals surface area (Å²) in [6.07, 6.45) is 14.6. The van der Waals surface area contributed by atoms with Crippen molar-refractivity contribution in [1.82, 2.24) is 20.4 Å². The molecule has 5 heteroatoms. The van der Waals surface area contributed by atoms with Gasteiger partial charge in [0.2, 0.25) is 5.91 Å². The Labute approximate surface area is 256 Å². The van der Waals surface area contributed by atoms with Crippen LogP contribution in [0.3, 0.4) is 0 Å². The molecule has 5 nitrogen and oxygen atoms in total. The lowest BCUT2D eigenvalue weighted by atomic mass is 9.82. The summed E-state index contributed by atoms with van der Waals surface area (Å²) < 4.78 is 0. The number of nitrogens with zero attached hydrogens (tertiary/aromatic N) is 2. The minimum atomic E-state index is -0.200. The third kappa shape index (κ3) is 9.98. The van der Waals surface area contributed by atoms with E-state index in [9.17, 15) is 4.79 Å². The van der Waals surface area contributed by atoms with Gasteiger partial charge in [-0.2, -0.15) is 0 Å². The van der Waals surface area contributed by atoms with Crippen LogP contribution in [0.1, 0.15) is 82.3 Å². The second kappa shape index (κ2) is 17.5. The molecular weight excluding hydrogens is 516 g/mol. The van der Waals surface area contributed by atoms with Gasteiger partial charge in [-0.15, -0.1) is 0 Å². The molecule has 2 aliphatic rings. The maximum absolute atomic E-state index is 13.0. The molecule has 1 aliphatic carbocycles. The first-order valence-electron chi connectivity index (χ1n) is 16.8. The number of likely N-dealkylation sites (N-methyl/N-ethyl adjacent to an activating group) is 1. The number of rotatable bonds is 17. The fourth-order valence-corrected chi connectivity index (χ4v) is 6.94. The van der Waals surface area contributed by atoms with Gasteiger partial charge < -0.3 is 20.4 Å². The van der Waals surface area contributed by atoms with Crippen molar-refractivity contribution < 1.29 is 4.79 Å². The van der Waals surface area contributed by atoms with Crippen LogP contribution in [-0.2, 0) is 17.6 Å². The van der Waals surface area contributed by atoms with Gasteiger partial charge in [0.1, 0.15) is 0 Å². The van der Waals surface area contributed by atoms with E-state index >= 15 is 0 Å². The molecule has 2 N–H and O–H groups in total. The zero-order valence-electron chi connectivity index (χ0n) is 26.4. The molecule has 0 radical (unpaired) electrons. The molecule has 230 valence electrons. The summed E-state index contributed by atoms with van der Waals surface area (Å²) in [5.74, 6) is 0.573. The van der Waals surface area contributed by atoms with E-state index in [4.69, 9.17) is 0 Å². The normalized spacial score (nSPS) is 19.1. The molecule has 1 saturated carbocycles. The van der Waals surface area contributed by atoms with Crippen LogP contribution in [0.4, 0.5) is 0 Å². The Balaban J connectivity index is 1.38. The first-order valence-corrected chi connectivity index (χ1v) is 16.8. The number of amides is 1. The Kier molecular flexibility index (Phi) is 13.4. The summed E-state index contributed by atoms with van der Waals surface area (Å²) in [6.45, 7) is 11.0. The monoisotopic (exact) mass is 572 g/mol. The highest BCUT2D eigenvalue weighted by molar-refractivity contribution is 5.81. The van der Waals surface area contributed by atoms with Gasteiger partial charge in [0.25, 0.3) is 0 Å². The molecule has 0 spiro atoms. The van der Waals surface area contributed by atoms with Gasteiger partial charge in [0, 0.05) is 31.4 Å². The summed E-state index contributed by atoms with van der Waals surface area (Å²) in [5, 5.41) is 6.56. The lowest BCUT2D eigenvalue weighted by Crippen LogP contribution is -2.52. The summed E-state index contributed by atoms with van der Waals surface area (Å²) in [5.41, 5.74) is 4.01. The SMILES string of the molecule is C=C([C@@H](NC(=O)[C@H](C)NC)C1CCCCC1)N1CCCC1CN(CCCCCc1ccccc1)CCc1ccccc1. The molecule has 42 heavy (non-hydrogen) atoms. The van der Waals surface area contributed by atoms with Crippen molar-refractivity contribution in [3.8, 4) is 0 Å². The molecule has 0 aromatic heterocycles. The molecule has 1 unspecified atom stereocenters. The number of likely N-dealkylation sites (tertiary alicyclic amines) is 1. The zero-order chi connectivity index (χ0) is 29.6. The molecule has 0 bridgehead atoms. The second-order valence-electron chi connectivity index (χ2n) is 12.7. The predicted octanol–water partition coefficient (Wildman–Crippen LogP) is 6.60. The third-order valence-electron chi connectivity index (χ3n) is 9.66. The van der Waals surface area contributed by atoms with E-state index in [-0.39, 0.29) is 18.0 Å². The molecular formula is C37H56N4O. The Hall–Kier alpha value is -2.63. The average molecular weight is 573 g/mol. The molecule has 1 saturated heterocycles. The molecule has 2 fully saturated rings. The number of nitrogens with one attached hydrogen (secondary N) is 2. The Morgan fingerprint density at radius 2 is 1.55 bits per heavy atom. The maximum atomic E-state index is 13.0. The first kappa shape index (κ1) is 32.3. The van der Waals surface area contributed by atoms with E-state index in [0.29, 0.717) is 12.0 Å². The maximum Gasteiger partial charge on any atom is 0.237 e. The average Bonchev–Trinajstić information content (AvgIpc) is 3.50. The number of hydrogen-bond donors (Lipinski definition) is 2. The fourth-order valence-electron chi connectivity index (χ4n) is 6.94. The molecule has 1 heterocycles. The molecule has 2 aromatic rings. The van der Waals surface area contributed by atoms with Crippen LogP contribution in [0.15, 0.2) is 72.9 Å². The number of hydrogen-bond acceptors (Lipinski definition) is 4. The van der Waals surface area contributed by atoms with Crippen molar-refractivity contribution in [2.75, 3.05) is 33.2 Å². The largest absolute Gasteiger partial charge is 0.369 e. The van der Waals surface area contributed by atoms with E-state index in [0.717, 1.165) is 38.3 Å². The molecule has 3 atom stereocenters. The second-order valence-corrected chi connectivity index (χ2v) is 12.7. The van der Waals surface area contributed by atoms with Gasteiger partial charge in [-0.3, -0.25) is 4.79 Å². The van der Waals surface area contributed by atoms with E-state index in [2.05, 4.69) is 87.7 Å². The van der Waals surface area contributed by atoms with Crippen LogP contribution in [0.5, 0.6) is 0 Å². The summed E-state index contributed by atoms with van der Waals surface area (Å²) in [6, 6.07) is 22.1. The molecule has 2 aromatic carbocycles. The van der Waals surface area contributed by atoms with Crippen LogP contribution in [-0.4, -0.2) is 67.1 Å². The van der Waals surface area contributed by atoms with Crippen molar-refractivity contribution in [3.63, 3.8) is 0 Å². The van der Waals surface area contributed by atoms with Gasteiger partial charge in [-0.25, -0.2) is 0 Å². The van der Waals surface area contributed by atoms with Gasteiger partial charge in [-0.1, -0.05) is 92.9 Å². The van der Waals surface area contributed by atoms with Crippen LogP contribution < -0.4 is 10.6 Å². The fraction of sp³-hybridized carbons (Fsp3) is 0.595. The zero-order valence-corrected chi connectivity index (χ0v) is 26.4. The first-order chi connectivity index (χ1) is 20.5. The van der Waals surface area contributed by atoms with Crippen molar-refractivity contribution >= 4 is 5.91 Å². The lowest BCUT2D eigenvalue weighted by molar-refractivity contribution is -0.123. The quantitative estimate of drug-likeness (QED) is 0.210. The molecule has 4 rings (SSSR count). The number of carbonyl (C=O) groups is 1. The van der Waals surface area contributed by atoms with Crippen LogP contribution >= 0.6 is 0 Å². The van der Waals surface area contributed by atoms with Crippen LogP contribution in [0, 0.1) is 5.92 Å². The smallest absolute Gasteiger partial charge is 0.237 e. The highest BCUT2D eigenvalue weighted by atomic mass is 16.2. The number of aryl methyl sites for hydroxylation is 1. The van der Waals surface area contributed by atoms with Crippen molar-refractivity contribution in [2.24, 2.45) is 5.92 Å². The topological polar surface area (TPSA) is 47.6 Å². The summed E-state index contributed by atoms with van der Waals surface area (Å²) >= 11 is 0. The standard InChI is InChI=1S/C37H56N4O/c1-30(38-3)37(42)39-36(34-22-13-6-14-23-34)31(2)41-27-16-24-35(41)29-40(28-25-33-20-10-5-11-21-33)26-15-7-12-19-32-17-8-4-9-18-32/h4-5,8-11,17-18,20-21,30,34-36,38H,2,6-7,12-16,19,22-29H2,1,3H3,(H,39,42)/t30-,35?,36+/m0/s1. The number of carbonyl (C=O) groups excluding carboxylic acids is 1. The van der Waals surface area contributed by atoms with Gasteiger partial charge in [0.15, 0.2) is 0 Å². The number of benzene rings is 2. The van der Waals surface area contributed by atoms with Crippen LogP contribution in [0.25, 0.3) is 0 Å². The van der Waals surface area contributed by atoms with Crippen molar-refractivity contribution in [3.05, 3.63) is 84.1 Å². The minimum absolute atomic E-state index is 0.0324. The van der Waals surface area contributed by atoms with Crippen molar-refractivity contribution in [2.45, 2.75) is 102 Å². The van der Waals surface area contributed by atoms with Gasteiger partial charge >= 0.3 is 0 Å². The molecule has 1 amide bonds. The minimum Gasteiger partial charge on any atom is -0.369 e.